The Morgan fingerprint density at radius 1 is 0.432 bits per heavy atom. The van der Waals surface area contributed by atoms with Gasteiger partial charge in [-0.2, -0.15) is 30.0 Å². The van der Waals surface area contributed by atoms with Crippen LogP contribution in [0.25, 0.3) is 22.1 Å². The first-order chi connectivity index (χ1) is 21.6. The molecule has 0 bridgehead atoms. The fraction of sp³-hybridized carbons (Fsp3) is 0.167. The van der Waals surface area contributed by atoms with Crippen molar-refractivity contribution in [2.45, 2.75) is 37.8 Å². The van der Waals surface area contributed by atoms with Crippen molar-refractivity contribution in [1.82, 2.24) is 30.0 Å². The molecule has 2 aromatic heterocycles. The summed E-state index contributed by atoms with van der Waals surface area (Å²) in [4.78, 5) is 3.48. The molecule has 2 N–H and O–H groups in total. The molecule has 0 fully saturated rings. The van der Waals surface area contributed by atoms with Crippen LogP contribution in [0.5, 0.6) is 11.5 Å². The zero-order chi connectivity index (χ0) is 29.9. The summed E-state index contributed by atoms with van der Waals surface area (Å²) in [5, 5.41) is 40.7. The molecule has 7 aromatic rings. The van der Waals surface area contributed by atoms with Crippen molar-refractivity contribution in [2.24, 2.45) is 0 Å². The standard InChI is InChI=1S/C36H32N6O2/c43-35-19-9-3-13-27(35)33(41-37-29-15-5-6-16-30(29)38-41)23-21-25-11-1-2-12-26(25)22-24-34(28-14-4-10-20-36(28)44)42-39-31-17-7-8-18-32(31)40-42/h1-20,33-34,43-44H,21-24H2. The third-order valence-corrected chi connectivity index (χ3v) is 8.25. The lowest BCUT2D eigenvalue weighted by molar-refractivity contribution is 0.404. The minimum atomic E-state index is -0.244. The number of aryl methyl sites for hydroxylation is 2. The predicted octanol–water partition coefficient (Wildman–Crippen LogP) is 7.03. The molecule has 2 unspecified atom stereocenters. The Labute approximate surface area is 254 Å². The van der Waals surface area contributed by atoms with Crippen LogP contribution in [0.1, 0.15) is 47.2 Å². The molecule has 0 aliphatic heterocycles. The van der Waals surface area contributed by atoms with Gasteiger partial charge in [-0.15, -0.1) is 0 Å². The fourth-order valence-electron chi connectivity index (χ4n) is 5.99. The van der Waals surface area contributed by atoms with Crippen LogP contribution < -0.4 is 0 Å². The monoisotopic (exact) mass is 580 g/mol. The SMILES string of the molecule is Oc1ccccc1C(CCc1ccccc1CCC(c1ccccc1O)n1nc2ccccc2n1)n1nc2ccccc2n1. The number of hydrogen-bond donors (Lipinski definition) is 2. The highest BCUT2D eigenvalue weighted by atomic mass is 16.3. The van der Waals surface area contributed by atoms with Crippen molar-refractivity contribution in [3.8, 4) is 11.5 Å². The molecule has 7 rings (SSSR count). The van der Waals surface area contributed by atoms with Crippen LogP contribution in [-0.4, -0.2) is 40.2 Å². The first-order valence-electron chi connectivity index (χ1n) is 14.9. The lowest BCUT2D eigenvalue weighted by Gasteiger charge is -2.20. The van der Waals surface area contributed by atoms with Gasteiger partial charge >= 0.3 is 0 Å². The predicted molar refractivity (Wildman–Crippen MR) is 171 cm³/mol. The van der Waals surface area contributed by atoms with Crippen molar-refractivity contribution in [2.75, 3.05) is 0 Å². The number of rotatable bonds is 10. The van der Waals surface area contributed by atoms with Crippen LogP contribution in [0.15, 0.2) is 121 Å². The molecule has 0 aliphatic rings. The average molecular weight is 581 g/mol. The van der Waals surface area contributed by atoms with Gasteiger partial charge in [-0.1, -0.05) is 84.9 Å². The second kappa shape index (κ2) is 12.0. The Kier molecular flexibility index (Phi) is 7.46. The van der Waals surface area contributed by atoms with Crippen molar-refractivity contribution in [3.05, 3.63) is 144 Å². The molecule has 0 amide bonds. The number of fused-ring (bicyclic) bond motifs is 2. The second-order valence-corrected chi connectivity index (χ2v) is 11.0. The van der Waals surface area contributed by atoms with E-state index in [1.54, 1.807) is 21.7 Å². The average Bonchev–Trinajstić information content (AvgIpc) is 3.68. The zero-order valence-corrected chi connectivity index (χ0v) is 24.1. The minimum Gasteiger partial charge on any atom is -0.508 e. The molecule has 2 heterocycles. The minimum absolute atomic E-state index is 0.233. The van der Waals surface area contributed by atoms with Crippen molar-refractivity contribution >= 4 is 22.1 Å². The van der Waals surface area contributed by atoms with Crippen LogP contribution in [0.4, 0.5) is 0 Å². The summed E-state index contributed by atoms with van der Waals surface area (Å²) in [5.74, 6) is 0.466. The van der Waals surface area contributed by atoms with E-state index in [1.165, 1.54) is 11.1 Å². The fourth-order valence-corrected chi connectivity index (χ4v) is 5.99. The van der Waals surface area contributed by atoms with E-state index in [1.807, 2.05) is 84.9 Å². The summed E-state index contributed by atoms with van der Waals surface area (Å²) < 4.78 is 0. The van der Waals surface area contributed by atoms with Crippen molar-refractivity contribution in [3.63, 3.8) is 0 Å². The smallest absolute Gasteiger partial charge is 0.120 e. The molecule has 5 aromatic carbocycles. The van der Waals surface area contributed by atoms with E-state index < -0.39 is 0 Å². The zero-order valence-electron chi connectivity index (χ0n) is 24.1. The Hall–Kier alpha value is -5.50. The van der Waals surface area contributed by atoms with Crippen LogP contribution >= 0.6 is 0 Å². The van der Waals surface area contributed by atoms with E-state index in [4.69, 9.17) is 20.4 Å². The van der Waals surface area contributed by atoms with Crippen LogP contribution in [0, 0.1) is 0 Å². The van der Waals surface area contributed by atoms with Crippen LogP contribution in [0.2, 0.25) is 0 Å². The van der Waals surface area contributed by atoms with Gasteiger partial charge < -0.3 is 10.2 Å². The summed E-state index contributed by atoms with van der Waals surface area (Å²) in [5.41, 5.74) is 7.32. The van der Waals surface area contributed by atoms with Gasteiger partial charge in [0.25, 0.3) is 0 Å². The topological polar surface area (TPSA) is 102 Å². The molecule has 8 heteroatoms. The molecule has 44 heavy (non-hydrogen) atoms. The van der Waals surface area contributed by atoms with E-state index in [2.05, 4.69) is 24.3 Å². The Bertz CT molecular complexity index is 1840. The van der Waals surface area contributed by atoms with Gasteiger partial charge in [-0.3, -0.25) is 0 Å². The number of para-hydroxylation sites is 2. The third kappa shape index (κ3) is 5.49. The van der Waals surface area contributed by atoms with E-state index >= 15 is 0 Å². The number of nitrogens with zero attached hydrogens (tertiary/aromatic N) is 6. The molecule has 0 saturated heterocycles. The maximum Gasteiger partial charge on any atom is 0.120 e. The molecular formula is C36H32N6O2. The van der Waals surface area contributed by atoms with Crippen LogP contribution in [-0.2, 0) is 12.8 Å². The summed E-state index contributed by atoms with van der Waals surface area (Å²) in [6.07, 6.45) is 2.92. The molecule has 0 spiro atoms. The number of phenolic OH excluding ortho intramolecular Hbond substituents is 2. The van der Waals surface area contributed by atoms with Gasteiger partial charge in [0.05, 0.1) is 0 Å². The van der Waals surface area contributed by atoms with Gasteiger partial charge in [0.2, 0.25) is 0 Å². The molecule has 0 saturated carbocycles. The van der Waals surface area contributed by atoms with Crippen molar-refractivity contribution in [1.29, 1.82) is 0 Å². The number of phenols is 2. The highest BCUT2D eigenvalue weighted by molar-refractivity contribution is 5.73. The van der Waals surface area contributed by atoms with E-state index in [0.717, 1.165) is 46.0 Å². The lowest BCUT2D eigenvalue weighted by atomic mass is 9.92. The number of benzene rings is 5. The molecule has 0 aliphatic carbocycles. The quantitative estimate of drug-likeness (QED) is 0.180. The molecule has 2 atom stereocenters. The van der Waals surface area contributed by atoms with Crippen LogP contribution in [0.3, 0.4) is 0 Å². The number of aromatic hydroxyl groups is 2. The highest BCUT2D eigenvalue weighted by Crippen LogP contribution is 2.33. The number of hydrogen-bond acceptors (Lipinski definition) is 6. The number of aromatic nitrogens is 6. The molecule has 218 valence electrons. The summed E-state index contributed by atoms with van der Waals surface area (Å²) in [6, 6.07) is 38.5. The van der Waals surface area contributed by atoms with Gasteiger partial charge in [-0.25, -0.2) is 0 Å². The van der Waals surface area contributed by atoms with Crippen molar-refractivity contribution < 1.29 is 10.2 Å². The first-order valence-corrected chi connectivity index (χ1v) is 14.9. The summed E-state index contributed by atoms with van der Waals surface area (Å²) in [7, 11) is 0. The van der Waals surface area contributed by atoms with Gasteiger partial charge in [0.1, 0.15) is 45.6 Å². The normalized spacial score (nSPS) is 12.9. The van der Waals surface area contributed by atoms with Gasteiger partial charge in [-0.05, 0) is 73.2 Å². The largest absolute Gasteiger partial charge is 0.508 e. The second-order valence-electron chi connectivity index (χ2n) is 11.0. The van der Waals surface area contributed by atoms with E-state index in [0.29, 0.717) is 12.8 Å². The highest BCUT2D eigenvalue weighted by Gasteiger charge is 2.23. The van der Waals surface area contributed by atoms with Gasteiger partial charge in [0.15, 0.2) is 0 Å². The maximum atomic E-state index is 10.8. The molecular weight excluding hydrogens is 548 g/mol. The Balaban J connectivity index is 1.17. The first kappa shape index (κ1) is 27.3. The molecule has 0 radical (unpaired) electrons. The maximum absolute atomic E-state index is 10.8. The Morgan fingerprint density at radius 3 is 1.11 bits per heavy atom. The van der Waals surface area contributed by atoms with E-state index in [9.17, 15) is 10.2 Å². The lowest BCUT2D eigenvalue weighted by Crippen LogP contribution is -2.16. The summed E-state index contributed by atoms with van der Waals surface area (Å²) in [6.45, 7) is 0. The summed E-state index contributed by atoms with van der Waals surface area (Å²) >= 11 is 0. The van der Waals surface area contributed by atoms with Gasteiger partial charge in [0, 0.05) is 11.1 Å². The third-order valence-electron chi connectivity index (χ3n) is 8.25. The Morgan fingerprint density at radius 2 is 0.750 bits per heavy atom. The van der Waals surface area contributed by atoms with E-state index in [-0.39, 0.29) is 23.6 Å². The molecule has 8 nitrogen and oxygen atoms in total.